The summed E-state index contributed by atoms with van der Waals surface area (Å²) in [5.41, 5.74) is 1.52. The highest BCUT2D eigenvalue weighted by molar-refractivity contribution is 7.91. The van der Waals surface area contributed by atoms with Crippen molar-refractivity contribution in [2.75, 3.05) is 13.3 Å². The number of rotatable bonds is 14. The Bertz CT molecular complexity index is 1660. The molecule has 0 spiro atoms. The average molecular weight is 621 g/mol. The lowest BCUT2D eigenvalue weighted by molar-refractivity contribution is -0.142. The number of hydrogen-bond acceptors (Lipinski definition) is 10. The monoisotopic (exact) mass is 620 g/mol. The number of hydrogen-bond donors (Lipinski definition) is 3. The molecule has 4 aromatic rings. The number of ether oxygens (including phenoxy) is 2. The third-order valence-electron chi connectivity index (χ3n) is 6.04. The number of amides is 1. The quantitative estimate of drug-likeness (QED) is 0.189. The Morgan fingerprint density at radius 2 is 1.86 bits per heavy atom. The summed E-state index contributed by atoms with van der Waals surface area (Å²) in [5.74, 6) is -1.11. The van der Waals surface area contributed by atoms with Crippen LogP contribution in [0, 0.1) is 5.92 Å². The molecule has 2 aromatic heterocycles. The largest absolute Gasteiger partial charge is 0.491 e. The number of aromatic nitrogens is 4. The summed E-state index contributed by atoms with van der Waals surface area (Å²) in [5, 5.41) is 25.7. The van der Waals surface area contributed by atoms with Crippen LogP contribution >= 0.6 is 11.3 Å². The molecule has 42 heavy (non-hydrogen) atoms. The molecule has 2 unspecified atom stereocenters. The summed E-state index contributed by atoms with van der Waals surface area (Å²) in [6.07, 6.45) is 1.56. The van der Waals surface area contributed by atoms with Crippen molar-refractivity contribution in [3.8, 4) is 11.5 Å². The van der Waals surface area contributed by atoms with Crippen molar-refractivity contribution in [3.63, 3.8) is 0 Å². The number of carbonyl (C=O) groups excluding carboxylic acids is 1. The zero-order valence-corrected chi connectivity index (χ0v) is 24.3. The van der Waals surface area contributed by atoms with Gasteiger partial charge in [-0.05, 0) is 41.8 Å². The number of alkyl halides is 1. The lowest BCUT2D eigenvalue weighted by Crippen LogP contribution is -2.46. The molecule has 2 heterocycles. The Labute approximate surface area is 244 Å². The number of carboxylic acids is 1. The number of carbonyl (C=O) groups is 2. The average Bonchev–Trinajstić information content (AvgIpc) is 3.58. The van der Waals surface area contributed by atoms with E-state index in [9.17, 15) is 27.5 Å². The molecule has 2 atom stereocenters. The van der Waals surface area contributed by atoms with Crippen LogP contribution in [-0.2, 0) is 32.6 Å². The summed E-state index contributed by atoms with van der Waals surface area (Å²) in [6.45, 7) is 2.90. The van der Waals surface area contributed by atoms with Crippen LogP contribution in [0.2, 0.25) is 0 Å². The predicted octanol–water partition coefficient (Wildman–Crippen LogP) is 2.47. The van der Waals surface area contributed by atoms with Crippen molar-refractivity contribution in [2.24, 2.45) is 11.1 Å². The van der Waals surface area contributed by atoms with Gasteiger partial charge in [0.2, 0.25) is 10.2 Å². The minimum Gasteiger partial charge on any atom is -0.491 e. The van der Waals surface area contributed by atoms with Crippen molar-refractivity contribution in [1.82, 2.24) is 25.3 Å². The van der Waals surface area contributed by atoms with Gasteiger partial charge in [-0.3, -0.25) is 4.79 Å². The van der Waals surface area contributed by atoms with Crippen LogP contribution < -0.4 is 19.9 Å². The van der Waals surface area contributed by atoms with Gasteiger partial charge in [0.1, 0.15) is 49.2 Å². The number of nitrogens with two attached hydrogens (primary N) is 1. The van der Waals surface area contributed by atoms with Gasteiger partial charge < -0.3 is 19.9 Å². The second-order valence-corrected chi connectivity index (χ2v) is 12.4. The number of aliphatic carboxylic acids is 1. The highest BCUT2D eigenvalue weighted by Crippen LogP contribution is 2.28. The first-order chi connectivity index (χ1) is 19.9. The molecule has 0 saturated carbocycles. The third kappa shape index (κ3) is 7.77. The van der Waals surface area contributed by atoms with Crippen LogP contribution in [0.1, 0.15) is 31.1 Å². The van der Waals surface area contributed by atoms with Crippen molar-refractivity contribution < 1.29 is 37.0 Å². The second kappa shape index (κ2) is 13.2. The molecule has 0 radical (unpaired) electrons. The Morgan fingerprint density at radius 3 is 2.50 bits per heavy atom. The summed E-state index contributed by atoms with van der Waals surface area (Å²) >= 11 is 0.924. The van der Waals surface area contributed by atoms with Gasteiger partial charge in [-0.1, -0.05) is 31.2 Å². The van der Waals surface area contributed by atoms with E-state index in [1.165, 1.54) is 4.68 Å². The first-order valence-corrected chi connectivity index (χ1v) is 15.1. The first-order valence-electron chi connectivity index (χ1n) is 12.7. The lowest BCUT2D eigenvalue weighted by Gasteiger charge is -2.23. The first kappa shape index (κ1) is 30.8. The van der Waals surface area contributed by atoms with Crippen molar-refractivity contribution in [1.29, 1.82) is 0 Å². The van der Waals surface area contributed by atoms with Gasteiger partial charge in [-0.15, -0.1) is 16.4 Å². The minimum absolute atomic E-state index is 0.00157. The maximum atomic E-state index is 13.2. The van der Waals surface area contributed by atoms with Gasteiger partial charge in [-0.25, -0.2) is 32.4 Å². The summed E-state index contributed by atoms with van der Waals surface area (Å²) in [6, 6.07) is 9.34. The van der Waals surface area contributed by atoms with E-state index in [1.807, 2.05) is 0 Å². The number of carboxylic acid groups (broad SMARTS) is 1. The van der Waals surface area contributed by atoms with Crippen LogP contribution in [0.25, 0.3) is 10.2 Å². The summed E-state index contributed by atoms with van der Waals surface area (Å²) in [4.78, 5) is 29.2. The lowest BCUT2D eigenvalue weighted by atomic mass is 10.0. The topological polar surface area (TPSA) is 189 Å². The zero-order chi connectivity index (χ0) is 30.4. The SMILES string of the molecule is CC(C)C(C(=O)NC(Cc1ccc(OCCF)cc1)C(=O)O)n1cc(COc2ccc3nc(S(N)(=O)=O)sc3c2)nn1. The Kier molecular flexibility index (Phi) is 9.70. The molecule has 0 aliphatic heterocycles. The molecule has 4 N–H and O–H groups in total. The van der Waals surface area contributed by atoms with Gasteiger partial charge in [0.05, 0.1) is 16.4 Å². The number of sulfonamides is 1. The van der Waals surface area contributed by atoms with Crippen LogP contribution in [-0.4, -0.2) is 64.7 Å². The van der Waals surface area contributed by atoms with Crippen molar-refractivity contribution >= 4 is 43.5 Å². The number of nitrogens with zero attached hydrogens (tertiary/aromatic N) is 4. The fourth-order valence-corrected chi connectivity index (χ4v) is 5.75. The van der Waals surface area contributed by atoms with Crippen molar-refractivity contribution in [2.45, 2.75) is 43.3 Å². The third-order valence-corrected chi connectivity index (χ3v) is 8.37. The molecular weight excluding hydrogens is 591 g/mol. The van der Waals surface area contributed by atoms with Gasteiger partial charge in [-0.2, -0.15) is 0 Å². The Morgan fingerprint density at radius 1 is 1.14 bits per heavy atom. The Balaban J connectivity index is 1.41. The maximum absolute atomic E-state index is 13.2. The van der Waals surface area contributed by atoms with E-state index in [-0.39, 0.29) is 29.9 Å². The Hall–Kier alpha value is -4.15. The molecule has 0 bridgehead atoms. The smallest absolute Gasteiger partial charge is 0.326 e. The number of primary sulfonamides is 1. The highest BCUT2D eigenvalue weighted by Gasteiger charge is 2.30. The van der Waals surface area contributed by atoms with Crippen LogP contribution in [0.15, 0.2) is 53.0 Å². The molecule has 0 aliphatic rings. The van der Waals surface area contributed by atoms with Gasteiger partial charge >= 0.3 is 5.97 Å². The summed E-state index contributed by atoms with van der Waals surface area (Å²) < 4.78 is 48.2. The maximum Gasteiger partial charge on any atom is 0.326 e. The number of thiazole rings is 1. The fraction of sp³-hybridized carbons (Fsp3) is 0.346. The highest BCUT2D eigenvalue weighted by atomic mass is 32.2. The van der Waals surface area contributed by atoms with E-state index in [0.717, 1.165) is 11.3 Å². The van der Waals surface area contributed by atoms with Crippen LogP contribution in [0.3, 0.4) is 0 Å². The molecule has 1 amide bonds. The van der Waals surface area contributed by atoms with E-state index in [4.69, 9.17) is 14.6 Å². The molecule has 16 heteroatoms. The fourth-order valence-electron chi connectivity index (χ4n) is 4.07. The molecule has 4 rings (SSSR count). The van der Waals surface area contributed by atoms with Crippen molar-refractivity contribution in [3.05, 3.63) is 59.9 Å². The second-order valence-electron chi connectivity index (χ2n) is 9.61. The van der Waals surface area contributed by atoms with E-state index in [2.05, 4.69) is 20.6 Å². The number of benzene rings is 2. The van der Waals surface area contributed by atoms with E-state index in [1.54, 1.807) is 62.5 Å². The van der Waals surface area contributed by atoms with Crippen LogP contribution in [0.5, 0.6) is 11.5 Å². The zero-order valence-electron chi connectivity index (χ0n) is 22.6. The molecule has 0 saturated heterocycles. The van der Waals surface area contributed by atoms with Crippen LogP contribution in [0.4, 0.5) is 4.39 Å². The number of fused-ring (bicyclic) bond motifs is 1. The molecule has 13 nitrogen and oxygen atoms in total. The minimum atomic E-state index is -3.92. The van der Waals surface area contributed by atoms with E-state index < -0.39 is 40.7 Å². The normalized spacial score (nSPS) is 13.2. The predicted molar refractivity (Wildman–Crippen MR) is 150 cm³/mol. The van der Waals surface area contributed by atoms with Gasteiger partial charge in [0.25, 0.3) is 10.0 Å². The molecule has 0 fully saturated rings. The van der Waals surface area contributed by atoms with Gasteiger partial charge in [0.15, 0.2) is 0 Å². The molecule has 224 valence electrons. The van der Waals surface area contributed by atoms with E-state index >= 15 is 0 Å². The van der Waals surface area contributed by atoms with Gasteiger partial charge in [0, 0.05) is 6.42 Å². The van der Waals surface area contributed by atoms with E-state index in [0.29, 0.717) is 33.0 Å². The summed E-state index contributed by atoms with van der Waals surface area (Å²) in [7, 11) is -3.92. The number of halogens is 1. The molecule has 2 aromatic carbocycles. The standard InChI is InChI=1S/C26H29FN6O7S2/c1-15(2)23(24(34)29-21(25(35)36)11-16-3-5-18(6-4-16)39-10-9-27)33-13-17(31-32-33)14-40-19-7-8-20-22(12-19)41-26(30-20)42(28,37)38/h3-8,12-13,15,21,23H,9-11,14H2,1-2H3,(H,29,34)(H,35,36)(H2,28,37,38). The molecular formula is C26H29FN6O7S2. The molecule has 0 aliphatic carbocycles. The number of nitrogens with one attached hydrogen (secondary N) is 1.